The molecule has 2 saturated heterocycles. The van der Waals surface area contributed by atoms with Gasteiger partial charge in [0.25, 0.3) is 5.91 Å². The predicted octanol–water partition coefficient (Wildman–Crippen LogP) is 2.32. The average molecular weight is 369 g/mol. The van der Waals surface area contributed by atoms with Gasteiger partial charge >= 0.3 is 0 Å². The Morgan fingerprint density at radius 3 is 2.56 bits per heavy atom. The fourth-order valence-electron chi connectivity index (χ4n) is 4.54. The maximum Gasteiger partial charge on any atom is 0.257 e. The summed E-state index contributed by atoms with van der Waals surface area (Å²) in [6.45, 7) is 9.14. The highest BCUT2D eigenvalue weighted by Gasteiger charge is 2.41. The summed E-state index contributed by atoms with van der Waals surface area (Å²) in [4.78, 5) is 40.8. The van der Waals surface area contributed by atoms with Gasteiger partial charge in [-0.25, -0.2) is 0 Å². The van der Waals surface area contributed by atoms with E-state index in [2.05, 4.69) is 31.0 Å². The molecule has 3 amide bonds. The van der Waals surface area contributed by atoms with Gasteiger partial charge in [-0.2, -0.15) is 0 Å². The molecule has 2 unspecified atom stereocenters. The Bertz CT molecular complexity index is 811. The Morgan fingerprint density at radius 2 is 1.89 bits per heavy atom. The van der Waals surface area contributed by atoms with Crippen LogP contribution >= 0.6 is 0 Å². The highest BCUT2D eigenvalue weighted by atomic mass is 16.2. The van der Waals surface area contributed by atoms with Crippen molar-refractivity contribution in [2.75, 3.05) is 18.0 Å². The molecule has 0 bridgehead atoms. The van der Waals surface area contributed by atoms with Crippen LogP contribution in [-0.4, -0.2) is 41.8 Å². The van der Waals surface area contributed by atoms with Crippen molar-refractivity contribution in [3.05, 3.63) is 29.3 Å². The van der Waals surface area contributed by atoms with Crippen LogP contribution in [0.1, 0.15) is 56.0 Å². The molecule has 6 heteroatoms. The molecule has 0 radical (unpaired) electrons. The summed E-state index contributed by atoms with van der Waals surface area (Å²) in [7, 11) is 0. The zero-order chi connectivity index (χ0) is 19.3. The van der Waals surface area contributed by atoms with Crippen molar-refractivity contribution in [3.8, 4) is 0 Å². The highest BCUT2D eigenvalue weighted by molar-refractivity contribution is 6.08. The smallest absolute Gasteiger partial charge is 0.257 e. The zero-order valence-electron chi connectivity index (χ0n) is 16.2. The number of rotatable bonds is 2. The number of nitrogens with zero attached hydrogens (tertiary/aromatic N) is 2. The fraction of sp³-hybridized carbons (Fsp3) is 0.571. The summed E-state index contributed by atoms with van der Waals surface area (Å²) in [5, 5.41) is 2.36. The summed E-state index contributed by atoms with van der Waals surface area (Å²) in [6.07, 6.45) is 1.80. The standard InChI is InChI=1S/C21H27N3O3/c1-21(2,3)14-9-10-23(12-14)15-6-4-5-13-11-24(20(27)18(13)15)16-7-8-17(25)22-19(16)26/h4-6,14,16H,7-12H2,1-3H3,(H,22,25,26). The van der Waals surface area contributed by atoms with Crippen LogP contribution in [0.5, 0.6) is 0 Å². The van der Waals surface area contributed by atoms with Gasteiger partial charge in [-0.3, -0.25) is 19.7 Å². The van der Waals surface area contributed by atoms with Crippen molar-refractivity contribution in [2.45, 2.75) is 52.6 Å². The van der Waals surface area contributed by atoms with Crippen LogP contribution in [0.25, 0.3) is 0 Å². The van der Waals surface area contributed by atoms with Gasteiger partial charge in [0.15, 0.2) is 0 Å². The first kappa shape index (κ1) is 18.0. The van der Waals surface area contributed by atoms with E-state index in [0.717, 1.165) is 36.3 Å². The molecule has 4 rings (SSSR count). The van der Waals surface area contributed by atoms with Crippen LogP contribution in [0.3, 0.4) is 0 Å². The molecular formula is C21H27N3O3. The lowest BCUT2D eigenvalue weighted by molar-refractivity contribution is -0.136. The van der Waals surface area contributed by atoms with Crippen LogP contribution in [0.2, 0.25) is 0 Å². The molecule has 0 aromatic heterocycles. The summed E-state index contributed by atoms with van der Waals surface area (Å²) >= 11 is 0. The number of piperidine rings is 1. The first-order chi connectivity index (χ1) is 12.8. The molecule has 2 atom stereocenters. The van der Waals surface area contributed by atoms with Crippen LogP contribution in [-0.2, 0) is 16.1 Å². The molecule has 144 valence electrons. The van der Waals surface area contributed by atoms with Crippen LogP contribution < -0.4 is 10.2 Å². The van der Waals surface area contributed by atoms with E-state index in [4.69, 9.17) is 0 Å². The predicted molar refractivity (Wildman–Crippen MR) is 102 cm³/mol. The number of fused-ring (bicyclic) bond motifs is 1. The minimum absolute atomic E-state index is 0.0886. The number of nitrogens with one attached hydrogen (secondary N) is 1. The largest absolute Gasteiger partial charge is 0.371 e. The third-order valence-corrected chi connectivity index (χ3v) is 6.28. The van der Waals surface area contributed by atoms with E-state index in [1.54, 1.807) is 4.90 Å². The molecule has 1 aromatic carbocycles. The van der Waals surface area contributed by atoms with Gasteiger partial charge in [0.2, 0.25) is 11.8 Å². The lowest BCUT2D eigenvalue weighted by Gasteiger charge is -2.30. The SMILES string of the molecule is CC(C)(C)C1CCN(c2cccc3c2C(=O)N(C2CCC(=O)NC2=O)C3)C1. The first-order valence-corrected chi connectivity index (χ1v) is 9.77. The van der Waals surface area contributed by atoms with Crippen molar-refractivity contribution >= 4 is 23.4 Å². The lowest BCUT2D eigenvalue weighted by atomic mass is 9.80. The molecule has 3 heterocycles. The number of carbonyl (C=O) groups is 3. The van der Waals surface area contributed by atoms with Crippen LogP contribution in [0, 0.1) is 11.3 Å². The molecular weight excluding hydrogens is 342 g/mol. The Morgan fingerprint density at radius 1 is 1.11 bits per heavy atom. The topological polar surface area (TPSA) is 69.7 Å². The van der Waals surface area contributed by atoms with Gasteiger partial charge in [0.05, 0.1) is 5.56 Å². The van der Waals surface area contributed by atoms with E-state index in [-0.39, 0.29) is 29.6 Å². The van der Waals surface area contributed by atoms with Gasteiger partial charge in [0, 0.05) is 31.7 Å². The number of anilines is 1. The van der Waals surface area contributed by atoms with E-state index < -0.39 is 6.04 Å². The van der Waals surface area contributed by atoms with Crippen molar-refractivity contribution < 1.29 is 14.4 Å². The number of carbonyl (C=O) groups excluding carboxylic acids is 3. The van der Waals surface area contributed by atoms with E-state index >= 15 is 0 Å². The van der Waals surface area contributed by atoms with Crippen molar-refractivity contribution in [3.63, 3.8) is 0 Å². The van der Waals surface area contributed by atoms with Crippen LogP contribution in [0.15, 0.2) is 18.2 Å². The molecule has 3 aliphatic heterocycles. The second kappa shape index (κ2) is 6.36. The maximum atomic E-state index is 13.2. The molecule has 1 N–H and O–H groups in total. The highest BCUT2D eigenvalue weighted by Crippen LogP contribution is 2.39. The zero-order valence-corrected chi connectivity index (χ0v) is 16.2. The number of hydrogen-bond donors (Lipinski definition) is 1. The molecule has 3 aliphatic rings. The summed E-state index contributed by atoms with van der Waals surface area (Å²) in [6, 6.07) is 5.44. The van der Waals surface area contributed by atoms with Crippen LogP contribution in [0.4, 0.5) is 5.69 Å². The molecule has 6 nitrogen and oxygen atoms in total. The average Bonchev–Trinajstić information content (AvgIpc) is 3.20. The quantitative estimate of drug-likeness (QED) is 0.813. The van der Waals surface area contributed by atoms with Crippen molar-refractivity contribution in [2.24, 2.45) is 11.3 Å². The Balaban J connectivity index is 1.59. The molecule has 1 aromatic rings. The van der Waals surface area contributed by atoms with E-state index in [1.807, 2.05) is 18.2 Å². The number of imide groups is 1. The Hall–Kier alpha value is -2.37. The van der Waals surface area contributed by atoms with Gasteiger partial charge in [-0.05, 0) is 35.8 Å². The van der Waals surface area contributed by atoms with Gasteiger partial charge < -0.3 is 9.80 Å². The lowest BCUT2D eigenvalue weighted by Crippen LogP contribution is -2.52. The molecule has 0 saturated carbocycles. The normalized spacial score (nSPS) is 25.8. The minimum atomic E-state index is -0.559. The second-order valence-electron chi connectivity index (χ2n) is 9.01. The number of amides is 3. The minimum Gasteiger partial charge on any atom is -0.371 e. The van der Waals surface area contributed by atoms with Gasteiger partial charge in [-0.15, -0.1) is 0 Å². The summed E-state index contributed by atoms with van der Waals surface area (Å²) < 4.78 is 0. The molecule has 27 heavy (non-hydrogen) atoms. The van der Waals surface area contributed by atoms with Gasteiger partial charge in [0.1, 0.15) is 6.04 Å². The Kier molecular flexibility index (Phi) is 4.24. The Labute approximate surface area is 159 Å². The van der Waals surface area contributed by atoms with E-state index in [0.29, 0.717) is 18.9 Å². The third-order valence-electron chi connectivity index (χ3n) is 6.28. The molecule has 2 fully saturated rings. The monoisotopic (exact) mass is 369 g/mol. The maximum absolute atomic E-state index is 13.2. The van der Waals surface area contributed by atoms with E-state index in [9.17, 15) is 14.4 Å². The van der Waals surface area contributed by atoms with Crippen molar-refractivity contribution in [1.82, 2.24) is 10.2 Å². The van der Waals surface area contributed by atoms with Crippen molar-refractivity contribution in [1.29, 1.82) is 0 Å². The summed E-state index contributed by atoms with van der Waals surface area (Å²) in [5.41, 5.74) is 2.94. The first-order valence-electron chi connectivity index (χ1n) is 9.77. The third kappa shape index (κ3) is 3.11. The van der Waals surface area contributed by atoms with Gasteiger partial charge in [-0.1, -0.05) is 32.9 Å². The number of benzene rings is 1. The second-order valence-corrected chi connectivity index (χ2v) is 9.01. The molecule has 0 aliphatic carbocycles. The van der Waals surface area contributed by atoms with E-state index in [1.165, 1.54) is 0 Å². The fourth-order valence-corrected chi connectivity index (χ4v) is 4.54. The summed E-state index contributed by atoms with van der Waals surface area (Å²) in [5.74, 6) is -0.111. The number of hydrogen-bond acceptors (Lipinski definition) is 4. The molecule has 0 spiro atoms.